The number of ether oxygens (including phenoxy) is 1. The molecule has 0 unspecified atom stereocenters. The van der Waals surface area contributed by atoms with Gasteiger partial charge in [-0.1, -0.05) is 13.8 Å². The van der Waals surface area contributed by atoms with Crippen molar-refractivity contribution < 1.29 is 13.2 Å². The third kappa shape index (κ3) is 6.67. The topological polar surface area (TPSA) is 55.4 Å². The minimum Gasteiger partial charge on any atom is -0.490 e. The highest BCUT2D eigenvalue weighted by molar-refractivity contribution is 9.11. The second kappa shape index (κ2) is 9.12. The van der Waals surface area contributed by atoms with Crippen LogP contribution in [-0.4, -0.2) is 33.1 Å². The highest BCUT2D eigenvalue weighted by atomic mass is 79.9. The minimum absolute atomic E-state index is 0.0299. The smallest absolute Gasteiger partial charge is 0.153 e. The van der Waals surface area contributed by atoms with E-state index >= 15 is 0 Å². The van der Waals surface area contributed by atoms with Crippen LogP contribution in [0.4, 0.5) is 0 Å². The molecule has 0 heterocycles. The normalized spacial score (nSPS) is 11.6. The Morgan fingerprint density at radius 2 is 1.81 bits per heavy atom. The monoisotopic (exact) mass is 441 g/mol. The fourth-order valence-corrected chi connectivity index (χ4v) is 3.81. The number of hydrogen-bond acceptors (Lipinski definition) is 4. The molecule has 0 atom stereocenters. The van der Waals surface area contributed by atoms with Crippen molar-refractivity contribution in [2.45, 2.75) is 26.8 Å². The number of halogens is 2. The van der Waals surface area contributed by atoms with Crippen molar-refractivity contribution in [1.29, 1.82) is 0 Å². The van der Waals surface area contributed by atoms with Crippen LogP contribution >= 0.6 is 31.9 Å². The second-order valence-corrected chi connectivity index (χ2v) is 8.83. The van der Waals surface area contributed by atoms with E-state index in [-0.39, 0.29) is 18.1 Å². The molecule has 1 aromatic carbocycles. The Morgan fingerprint density at radius 3 is 2.33 bits per heavy atom. The Bertz CT molecular complexity index is 538. The molecule has 0 saturated carbocycles. The molecule has 0 spiro atoms. The van der Waals surface area contributed by atoms with Crippen LogP contribution in [0.5, 0.6) is 5.75 Å². The van der Waals surface area contributed by atoms with Gasteiger partial charge in [0.15, 0.2) is 9.84 Å². The van der Waals surface area contributed by atoms with Gasteiger partial charge in [-0.3, -0.25) is 0 Å². The van der Waals surface area contributed by atoms with E-state index in [4.69, 9.17) is 4.74 Å². The van der Waals surface area contributed by atoms with Gasteiger partial charge < -0.3 is 10.1 Å². The molecule has 0 aromatic heterocycles. The van der Waals surface area contributed by atoms with Gasteiger partial charge in [-0.2, -0.15) is 0 Å². The van der Waals surface area contributed by atoms with Crippen LogP contribution < -0.4 is 10.1 Å². The zero-order valence-corrected chi connectivity index (χ0v) is 16.3. The Kier molecular flexibility index (Phi) is 8.23. The van der Waals surface area contributed by atoms with E-state index in [9.17, 15) is 8.42 Å². The van der Waals surface area contributed by atoms with Crippen LogP contribution in [0.1, 0.15) is 25.8 Å². The van der Waals surface area contributed by atoms with E-state index in [2.05, 4.69) is 44.1 Å². The SMILES string of the molecule is CCCNCc1cc(Br)c(OCCS(=O)(=O)CC)c(Br)c1. The highest BCUT2D eigenvalue weighted by Gasteiger charge is 2.12. The van der Waals surface area contributed by atoms with Crippen LogP contribution in [0.3, 0.4) is 0 Å². The van der Waals surface area contributed by atoms with E-state index in [0.717, 1.165) is 34.0 Å². The van der Waals surface area contributed by atoms with Gasteiger partial charge in [0.2, 0.25) is 0 Å². The summed E-state index contributed by atoms with van der Waals surface area (Å²) in [7, 11) is -3.00. The van der Waals surface area contributed by atoms with Crippen LogP contribution in [0.2, 0.25) is 0 Å². The van der Waals surface area contributed by atoms with Crippen LogP contribution in [0.15, 0.2) is 21.1 Å². The number of benzene rings is 1. The summed E-state index contributed by atoms with van der Waals surface area (Å²) in [4.78, 5) is 0. The van der Waals surface area contributed by atoms with E-state index in [0.29, 0.717) is 5.75 Å². The van der Waals surface area contributed by atoms with Gasteiger partial charge in [-0.25, -0.2) is 8.42 Å². The molecule has 120 valence electrons. The average Bonchev–Trinajstić information content (AvgIpc) is 2.42. The first kappa shape index (κ1) is 18.9. The fourth-order valence-electron chi connectivity index (χ4n) is 1.68. The van der Waals surface area contributed by atoms with Gasteiger partial charge in [-0.05, 0) is 62.5 Å². The summed E-state index contributed by atoms with van der Waals surface area (Å²) in [6, 6.07) is 3.97. The van der Waals surface area contributed by atoms with Crippen LogP contribution in [0, 0.1) is 0 Å². The lowest BCUT2D eigenvalue weighted by Crippen LogP contribution is -2.16. The summed E-state index contributed by atoms with van der Waals surface area (Å²) >= 11 is 6.94. The maximum absolute atomic E-state index is 11.4. The number of sulfone groups is 1. The molecule has 0 aliphatic carbocycles. The lowest BCUT2D eigenvalue weighted by atomic mass is 10.2. The van der Waals surface area contributed by atoms with Crippen molar-refractivity contribution in [3.63, 3.8) is 0 Å². The Balaban J connectivity index is 2.67. The molecule has 21 heavy (non-hydrogen) atoms. The van der Waals surface area contributed by atoms with Crippen molar-refractivity contribution in [1.82, 2.24) is 5.32 Å². The lowest BCUT2D eigenvalue weighted by molar-refractivity contribution is 0.336. The molecule has 1 rings (SSSR count). The molecule has 0 radical (unpaired) electrons. The quantitative estimate of drug-likeness (QED) is 0.594. The standard InChI is InChI=1S/C14H21Br2NO3S/c1-3-5-17-10-11-8-12(15)14(13(16)9-11)20-6-7-21(18,19)4-2/h8-9,17H,3-7,10H2,1-2H3. The fraction of sp³-hybridized carbons (Fsp3) is 0.571. The Hall–Kier alpha value is -0.110. The molecular weight excluding hydrogens is 422 g/mol. The first-order chi connectivity index (χ1) is 9.89. The Labute approximate surface area is 143 Å². The van der Waals surface area contributed by atoms with Crippen molar-refractivity contribution >= 4 is 41.7 Å². The molecule has 0 aliphatic rings. The van der Waals surface area contributed by atoms with E-state index in [1.807, 2.05) is 12.1 Å². The molecule has 0 aliphatic heterocycles. The summed E-state index contributed by atoms with van der Waals surface area (Å²) in [6.45, 7) is 5.68. The zero-order chi connectivity index (χ0) is 15.9. The summed E-state index contributed by atoms with van der Waals surface area (Å²) < 4.78 is 30.1. The third-order valence-corrected chi connectivity index (χ3v) is 5.74. The van der Waals surface area contributed by atoms with Crippen molar-refractivity contribution in [3.8, 4) is 5.75 Å². The van der Waals surface area contributed by atoms with Crippen LogP contribution in [0.25, 0.3) is 0 Å². The maximum Gasteiger partial charge on any atom is 0.153 e. The molecule has 4 nitrogen and oxygen atoms in total. The highest BCUT2D eigenvalue weighted by Crippen LogP contribution is 2.34. The summed E-state index contributed by atoms with van der Waals surface area (Å²) in [5, 5.41) is 3.33. The van der Waals surface area contributed by atoms with E-state index < -0.39 is 9.84 Å². The van der Waals surface area contributed by atoms with Gasteiger partial charge in [0.05, 0.1) is 14.7 Å². The molecule has 0 amide bonds. The zero-order valence-electron chi connectivity index (χ0n) is 12.3. The number of nitrogens with one attached hydrogen (secondary N) is 1. The van der Waals surface area contributed by atoms with Crippen molar-refractivity contribution in [2.75, 3.05) is 24.7 Å². The Morgan fingerprint density at radius 1 is 1.19 bits per heavy atom. The van der Waals surface area contributed by atoms with Gasteiger partial charge in [-0.15, -0.1) is 0 Å². The lowest BCUT2D eigenvalue weighted by Gasteiger charge is -2.12. The summed E-state index contributed by atoms with van der Waals surface area (Å²) in [6.07, 6.45) is 1.09. The summed E-state index contributed by atoms with van der Waals surface area (Å²) in [5.74, 6) is 0.809. The van der Waals surface area contributed by atoms with E-state index in [1.165, 1.54) is 0 Å². The van der Waals surface area contributed by atoms with Crippen molar-refractivity contribution in [3.05, 3.63) is 26.6 Å². The molecule has 1 N–H and O–H groups in total. The molecule has 0 bridgehead atoms. The predicted molar refractivity (Wildman–Crippen MR) is 93.7 cm³/mol. The average molecular weight is 443 g/mol. The largest absolute Gasteiger partial charge is 0.490 e. The van der Waals surface area contributed by atoms with Gasteiger partial charge in [0.25, 0.3) is 0 Å². The predicted octanol–water partition coefficient (Wildman–Crippen LogP) is 3.52. The van der Waals surface area contributed by atoms with Gasteiger partial charge in [0.1, 0.15) is 12.4 Å². The van der Waals surface area contributed by atoms with Crippen LogP contribution in [-0.2, 0) is 16.4 Å². The van der Waals surface area contributed by atoms with Gasteiger partial charge in [0, 0.05) is 12.3 Å². The first-order valence-corrected chi connectivity index (χ1v) is 10.3. The number of rotatable bonds is 9. The molecule has 1 aromatic rings. The molecule has 0 fully saturated rings. The molecule has 7 heteroatoms. The minimum atomic E-state index is -3.00. The first-order valence-electron chi connectivity index (χ1n) is 6.91. The third-order valence-electron chi connectivity index (χ3n) is 2.89. The number of hydrogen-bond donors (Lipinski definition) is 1. The van der Waals surface area contributed by atoms with E-state index in [1.54, 1.807) is 6.92 Å². The van der Waals surface area contributed by atoms with Crippen molar-refractivity contribution in [2.24, 2.45) is 0 Å². The molecular formula is C14H21Br2NO3S. The van der Waals surface area contributed by atoms with Gasteiger partial charge >= 0.3 is 0 Å². The second-order valence-electron chi connectivity index (χ2n) is 4.65. The maximum atomic E-state index is 11.4. The molecule has 0 saturated heterocycles. The summed E-state index contributed by atoms with van der Waals surface area (Å²) in [5.41, 5.74) is 1.13.